The van der Waals surface area contributed by atoms with Crippen LogP contribution in [0.3, 0.4) is 0 Å². The smallest absolute Gasteiger partial charge is 0.325 e. The summed E-state index contributed by atoms with van der Waals surface area (Å²) in [6.45, 7) is 1.45. The highest BCUT2D eigenvalue weighted by Gasteiger charge is 2.55. The van der Waals surface area contributed by atoms with Gasteiger partial charge in [-0.25, -0.2) is 4.79 Å². The van der Waals surface area contributed by atoms with Crippen LogP contribution < -0.4 is 25.4 Å². The summed E-state index contributed by atoms with van der Waals surface area (Å²) in [5.41, 5.74) is 0.160. The number of nitrogens with zero attached hydrogens (tertiary/aromatic N) is 1. The number of hydrogen-bond acceptors (Lipinski definition) is 6. The number of benzene rings is 2. The molecule has 5 rings (SSSR count). The minimum Gasteiger partial charge on any atom is -0.493 e. The Hall–Kier alpha value is -4.08. The molecule has 3 aliphatic heterocycles. The van der Waals surface area contributed by atoms with Crippen LogP contribution in [-0.4, -0.2) is 47.9 Å². The summed E-state index contributed by atoms with van der Waals surface area (Å²) in [7, 11) is 0. The molecule has 0 bridgehead atoms. The molecule has 3 heterocycles. The fraction of sp³-hybridized carbons (Fsp3) is 0.273. The highest BCUT2D eigenvalue weighted by molar-refractivity contribution is 6.11. The van der Waals surface area contributed by atoms with Crippen molar-refractivity contribution in [1.82, 2.24) is 10.2 Å². The second kappa shape index (κ2) is 7.26. The van der Waals surface area contributed by atoms with E-state index in [1.54, 1.807) is 49.4 Å². The van der Waals surface area contributed by atoms with Crippen LogP contribution in [-0.2, 0) is 19.9 Å². The van der Waals surface area contributed by atoms with Crippen molar-refractivity contribution in [1.29, 1.82) is 0 Å². The number of fused-ring (bicyclic) bond motifs is 3. The minimum atomic E-state index is -1.24. The summed E-state index contributed by atoms with van der Waals surface area (Å²) in [5.74, 6) is -0.311. The molecule has 1 fully saturated rings. The number of rotatable bonds is 3. The van der Waals surface area contributed by atoms with Gasteiger partial charge in [-0.2, -0.15) is 0 Å². The summed E-state index contributed by atoms with van der Waals surface area (Å²) < 4.78 is 11.1. The average molecular weight is 436 g/mol. The molecule has 3 aliphatic rings. The molecular weight excluding hydrogens is 416 g/mol. The maximum atomic E-state index is 13.2. The number of imide groups is 1. The first-order valence-electron chi connectivity index (χ1n) is 10.2. The highest BCUT2D eigenvalue weighted by Crippen LogP contribution is 2.41. The Morgan fingerprint density at radius 2 is 2.00 bits per heavy atom. The second-order valence-electron chi connectivity index (χ2n) is 7.83. The Morgan fingerprint density at radius 1 is 1.19 bits per heavy atom. The molecular formula is C22H20N4O6. The van der Waals surface area contributed by atoms with Crippen molar-refractivity contribution in [2.75, 3.05) is 23.8 Å². The lowest BCUT2D eigenvalue weighted by Gasteiger charge is -2.33. The van der Waals surface area contributed by atoms with Crippen LogP contribution >= 0.6 is 0 Å². The maximum absolute atomic E-state index is 13.2. The molecule has 1 spiro atoms. The van der Waals surface area contributed by atoms with Gasteiger partial charge in [0.05, 0.1) is 12.3 Å². The molecule has 2 aromatic rings. The highest BCUT2D eigenvalue weighted by atomic mass is 16.5. The van der Waals surface area contributed by atoms with Crippen molar-refractivity contribution in [2.45, 2.75) is 25.0 Å². The van der Waals surface area contributed by atoms with E-state index in [1.165, 1.54) is 0 Å². The lowest BCUT2D eigenvalue weighted by molar-refractivity contribution is -0.135. The Balaban J connectivity index is 1.32. The number of urea groups is 1. The fourth-order valence-corrected chi connectivity index (χ4v) is 4.15. The molecule has 1 saturated heterocycles. The summed E-state index contributed by atoms with van der Waals surface area (Å²) in [5, 5.41) is 8.11. The van der Waals surface area contributed by atoms with E-state index in [4.69, 9.17) is 9.47 Å². The molecule has 0 radical (unpaired) electrons. The predicted molar refractivity (Wildman–Crippen MR) is 112 cm³/mol. The molecule has 164 valence electrons. The number of nitrogens with one attached hydrogen (secondary N) is 3. The Bertz CT molecular complexity index is 1160. The van der Waals surface area contributed by atoms with Gasteiger partial charge in [-0.05, 0) is 31.2 Å². The van der Waals surface area contributed by atoms with E-state index in [1.807, 2.05) is 0 Å². The normalized spacial score (nSPS) is 23.5. The number of para-hydroxylation sites is 1. The molecule has 5 amide bonds. The van der Waals surface area contributed by atoms with Gasteiger partial charge in [-0.1, -0.05) is 18.2 Å². The van der Waals surface area contributed by atoms with Gasteiger partial charge in [0.25, 0.3) is 11.8 Å². The molecule has 0 saturated carbocycles. The number of carbonyl (C=O) groups is 4. The minimum absolute atomic E-state index is 0.268. The summed E-state index contributed by atoms with van der Waals surface area (Å²) in [6.07, 6.45) is -0.333. The number of anilines is 2. The van der Waals surface area contributed by atoms with Gasteiger partial charge in [0, 0.05) is 17.7 Å². The average Bonchev–Trinajstić information content (AvgIpc) is 3.00. The third-order valence-electron chi connectivity index (χ3n) is 5.75. The van der Waals surface area contributed by atoms with Crippen molar-refractivity contribution in [2.24, 2.45) is 0 Å². The molecule has 0 aromatic heterocycles. The third kappa shape index (κ3) is 3.11. The van der Waals surface area contributed by atoms with Crippen LogP contribution in [0.25, 0.3) is 0 Å². The van der Waals surface area contributed by atoms with Gasteiger partial charge in [0.1, 0.15) is 18.0 Å². The molecule has 2 aromatic carbocycles. The number of hydrogen-bond donors (Lipinski definition) is 3. The number of carbonyl (C=O) groups excluding carboxylic acids is 4. The zero-order valence-corrected chi connectivity index (χ0v) is 17.1. The van der Waals surface area contributed by atoms with Gasteiger partial charge >= 0.3 is 6.03 Å². The fourth-order valence-electron chi connectivity index (χ4n) is 4.15. The van der Waals surface area contributed by atoms with Crippen molar-refractivity contribution in [3.8, 4) is 11.5 Å². The van der Waals surface area contributed by atoms with Crippen molar-refractivity contribution in [3.05, 3.63) is 48.0 Å². The summed E-state index contributed by atoms with van der Waals surface area (Å²) >= 11 is 0. The van der Waals surface area contributed by atoms with Crippen LogP contribution in [0.2, 0.25) is 0 Å². The van der Waals surface area contributed by atoms with Crippen molar-refractivity contribution >= 4 is 35.1 Å². The zero-order valence-electron chi connectivity index (χ0n) is 17.1. The van der Waals surface area contributed by atoms with Crippen molar-refractivity contribution < 1.29 is 28.7 Å². The first-order chi connectivity index (χ1) is 15.4. The van der Waals surface area contributed by atoms with E-state index in [0.29, 0.717) is 28.4 Å². The van der Waals surface area contributed by atoms with Gasteiger partial charge in [0.2, 0.25) is 5.91 Å². The molecule has 10 heteroatoms. The van der Waals surface area contributed by atoms with Crippen LogP contribution in [0.15, 0.2) is 42.5 Å². The van der Waals surface area contributed by atoms with Gasteiger partial charge in [-0.15, -0.1) is 0 Å². The van der Waals surface area contributed by atoms with Gasteiger partial charge in [-0.3, -0.25) is 19.3 Å². The summed E-state index contributed by atoms with van der Waals surface area (Å²) in [6, 6.07) is 11.2. The van der Waals surface area contributed by atoms with Gasteiger partial charge < -0.3 is 25.4 Å². The zero-order chi connectivity index (χ0) is 22.5. The molecule has 2 atom stereocenters. The SMILES string of the molecule is C[C@@H]1Oc2ccc(NC(=O)CN3C(=O)N[C@@]4(CCOc5ccccc54)C3=O)cc2NC1=O. The van der Waals surface area contributed by atoms with E-state index < -0.39 is 36.0 Å². The van der Waals surface area contributed by atoms with Crippen LogP contribution in [0.4, 0.5) is 16.2 Å². The second-order valence-corrected chi connectivity index (χ2v) is 7.83. The lowest BCUT2D eigenvalue weighted by Crippen LogP contribution is -2.48. The number of amides is 5. The van der Waals surface area contributed by atoms with E-state index in [2.05, 4.69) is 16.0 Å². The molecule has 0 aliphatic carbocycles. The molecule has 3 N–H and O–H groups in total. The van der Waals surface area contributed by atoms with Crippen LogP contribution in [0, 0.1) is 0 Å². The molecule has 10 nitrogen and oxygen atoms in total. The number of ether oxygens (including phenoxy) is 2. The summed E-state index contributed by atoms with van der Waals surface area (Å²) in [4.78, 5) is 51.2. The van der Waals surface area contributed by atoms with Gasteiger partial charge in [0.15, 0.2) is 11.6 Å². The van der Waals surface area contributed by atoms with Crippen LogP contribution in [0.5, 0.6) is 11.5 Å². The van der Waals surface area contributed by atoms with E-state index in [0.717, 1.165) is 4.90 Å². The van der Waals surface area contributed by atoms with E-state index in [9.17, 15) is 19.2 Å². The predicted octanol–water partition coefficient (Wildman–Crippen LogP) is 1.57. The Labute approximate surface area is 182 Å². The van der Waals surface area contributed by atoms with Crippen LogP contribution in [0.1, 0.15) is 18.9 Å². The maximum Gasteiger partial charge on any atom is 0.325 e. The van der Waals surface area contributed by atoms with E-state index in [-0.39, 0.29) is 18.9 Å². The largest absolute Gasteiger partial charge is 0.493 e. The Kier molecular flexibility index (Phi) is 4.50. The third-order valence-corrected chi connectivity index (χ3v) is 5.75. The van der Waals surface area contributed by atoms with Crippen molar-refractivity contribution in [3.63, 3.8) is 0 Å². The monoisotopic (exact) mass is 436 g/mol. The molecule has 0 unspecified atom stereocenters. The molecule has 32 heavy (non-hydrogen) atoms. The van der Waals surface area contributed by atoms with E-state index >= 15 is 0 Å². The first-order valence-corrected chi connectivity index (χ1v) is 10.2. The first kappa shape index (κ1) is 19.9. The lowest BCUT2D eigenvalue weighted by atomic mass is 9.84. The Morgan fingerprint density at radius 3 is 2.84 bits per heavy atom. The standard InChI is InChI=1S/C22H20N4O6/c1-12-19(28)24-15-10-13(6-7-17(15)32-12)23-18(27)11-26-20(29)22(25-21(26)30)8-9-31-16-5-3-2-4-14(16)22/h2-7,10,12H,8-9,11H2,1H3,(H,23,27)(H,24,28)(H,25,30)/t12-,22+/m0/s1. The quantitative estimate of drug-likeness (QED) is 0.627. The topological polar surface area (TPSA) is 126 Å².